The number of imide groups is 1. The zero-order chi connectivity index (χ0) is 17.8. The van der Waals surface area contributed by atoms with E-state index in [1.165, 1.54) is 24.1 Å². The third-order valence-corrected chi connectivity index (χ3v) is 5.19. The SMILES string of the molecule is CN1C(=O)N[C@@]2(CCN(C(=O)Nc3ccc(F)c(C4CC4)c3)C2)C1=O. The second kappa shape index (κ2) is 5.44. The fraction of sp³-hybridized carbons (Fsp3) is 0.471. The third-order valence-electron chi connectivity index (χ3n) is 5.19. The summed E-state index contributed by atoms with van der Waals surface area (Å²) in [6.45, 7) is 0.493. The molecule has 1 aromatic rings. The normalized spacial score (nSPS) is 25.7. The Bertz CT molecular complexity index is 779. The first-order valence-corrected chi connectivity index (χ1v) is 8.35. The smallest absolute Gasteiger partial charge is 0.322 e. The molecule has 25 heavy (non-hydrogen) atoms. The Morgan fingerprint density at radius 1 is 1.36 bits per heavy atom. The van der Waals surface area contributed by atoms with Crippen molar-refractivity contribution in [3.05, 3.63) is 29.6 Å². The van der Waals surface area contributed by atoms with Crippen LogP contribution in [0.2, 0.25) is 0 Å². The molecule has 4 rings (SSSR count). The van der Waals surface area contributed by atoms with Gasteiger partial charge in [-0.3, -0.25) is 9.69 Å². The standard InChI is InChI=1S/C17H19FN4O3/c1-21-14(23)17(20-16(21)25)6-7-22(9-17)15(24)19-11-4-5-13(18)12(8-11)10-2-3-10/h4-5,8,10H,2-3,6-7,9H2,1H3,(H,19,24)(H,20,25)/t17-/m1/s1. The molecule has 2 saturated heterocycles. The molecule has 3 fully saturated rings. The van der Waals surface area contributed by atoms with Crippen molar-refractivity contribution < 1.29 is 18.8 Å². The van der Waals surface area contributed by atoms with Crippen LogP contribution >= 0.6 is 0 Å². The van der Waals surface area contributed by atoms with Crippen molar-refractivity contribution in [1.82, 2.24) is 15.1 Å². The highest BCUT2D eigenvalue weighted by Crippen LogP contribution is 2.42. The van der Waals surface area contributed by atoms with E-state index >= 15 is 0 Å². The lowest BCUT2D eigenvalue weighted by Gasteiger charge is -2.22. The van der Waals surface area contributed by atoms with E-state index in [4.69, 9.17) is 0 Å². The van der Waals surface area contributed by atoms with Gasteiger partial charge in [-0.05, 0) is 48.9 Å². The average molecular weight is 346 g/mol. The summed E-state index contributed by atoms with van der Waals surface area (Å²) in [7, 11) is 1.42. The van der Waals surface area contributed by atoms with Crippen molar-refractivity contribution in [2.75, 3.05) is 25.5 Å². The lowest BCUT2D eigenvalue weighted by Crippen LogP contribution is -2.50. The first kappa shape index (κ1) is 15.9. The number of carbonyl (C=O) groups is 3. The molecule has 1 aliphatic carbocycles. The molecule has 1 aromatic carbocycles. The van der Waals surface area contributed by atoms with Crippen LogP contribution in [0.4, 0.5) is 19.7 Å². The Morgan fingerprint density at radius 3 is 2.76 bits per heavy atom. The fourth-order valence-electron chi connectivity index (χ4n) is 3.55. The summed E-state index contributed by atoms with van der Waals surface area (Å²) in [5.41, 5.74) is 0.147. The van der Waals surface area contributed by atoms with E-state index in [0.717, 1.165) is 17.7 Å². The summed E-state index contributed by atoms with van der Waals surface area (Å²) < 4.78 is 13.8. The number of urea groups is 2. The number of likely N-dealkylation sites (N-methyl/N-ethyl adjacent to an activating group) is 1. The van der Waals surface area contributed by atoms with Crippen molar-refractivity contribution in [1.29, 1.82) is 0 Å². The summed E-state index contributed by atoms with van der Waals surface area (Å²) >= 11 is 0. The second-order valence-corrected chi connectivity index (χ2v) is 6.99. The number of anilines is 1. The minimum atomic E-state index is -1.02. The van der Waals surface area contributed by atoms with Gasteiger partial charge in [-0.1, -0.05) is 0 Å². The Labute approximate surface area is 144 Å². The van der Waals surface area contributed by atoms with Crippen molar-refractivity contribution in [3.8, 4) is 0 Å². The molecule has 8 heteroatoms. The molecule has 1 spiro atoms. The van der Waals surface area contributed by atoms with Gasteiger partial charge in [0.2, 0.25) is 0 Å². The van der Waals surface area contributed by atoms with Crippen molar-refractivity contribution in [2.45, 2.75) is 30.7 Å². The first-order chi connectivity index (χ1) is 11.9. The van der Waals surface area contributed by atoms with Crippen LogP contribution in [0.3, 0.4) is 0 Å². The number of hydrogen-bond acceptors (Lipinski definition) is 3. The van der Waals surface area contributed by atoms with Gasteiger partial charge in [0.25, 0.3) is 5.91 Å². The number of rotatable bonds is 2. The van der Waals surface area contributed by atoms with Crippen LogP contribution in [-0.2, 0) is 4.79 Å². The number of benzene rings is 1. The van der Waals surface area contributed by atoms with Crippen LogP contribution in [0, 0.1) is 5.82 Å². The number of carbonyl (C=O) groups excluding carboxylic acids is 3. The second-order valence-electron chi connectivity index (χ2n) is 6.99. The summed E-state index contributed by atoms with van der Waals surface area (Å²) in [5, 5.41) is 5.44. The highest BCUT2D eigenvalue weighted by atomic mass is 19.1. The number of hydrogen-bond donors (Lipinski definition) is 2. The number of amides is 5. The van der Waals surface area contributed by atoms with Crippen LogP contribution in [0.1, 0.15) is 30.7 Å². The molecule has 3 aliphatic rings. The Kier molecular flexibility index (Phi) is 3.45. The van der Waals surface area contributed by atoms with Gasteiger partial charge in [-0.25, -0.2) is 14.0 Å². The maximum Gasteiger partial charge on any atom is 0.324 e. The molecule has 2 aliphatic heterocycles. The monoisotopic (exact) mass is 346 g/mol. The van der Waals surface area contributed by atoms with Gasteiger partial charge in [-0.15, -0.1) is 0 Å². The number of likely N-dealkylation sites (tertiary alicyclic amines) is 1. The van der Waals surface area contributed by atoms with Gasteiger partial charge in [0.15, 0.2) is 0 Å². The van der Waals surface area contributed by atoms with Gasteiger partial charge < -0.3 is 15.5 Å². The molecule has 0 bridgehead atoms. The predicted octanol–water partition coefficient (Wildman–Crippen LogP) is 1.86. The average Bonchev–Trinajstić information content (AvgIpc) is 3.31. The van der Waals surface area contributed by atoms with Crippen LogP contribution in [-0.4, -0.2) is 53.4 Å². The molecule has 0 radical (unpaired) electrons. The summed E-state index contributed by atoms with van der Waals surface area (Å²) in [6.07, 6.45) is 2.32. The lowest BCUT2D eigenvalue weighted by atomic mass is 9.99. The summed E-state index contributed by atoms with van der Waals surface area (Å²) in [4.78, 5) is 39.0. The molecule has 2 N–H and O–H groups in total. The molecule has 0 unspecified atom stereocenters. The molecule has 132 valence electrons. The fourth-order valence-corrected chi connectivity index (χ4v) is 3.55. The molecule has 5 amide bonds. The topological polar surface area (TPSA) is 81.8 Å². The van der Waals surface area contributed by atoms with Crippen LogP contribution in [0.15, 0.2) is 18.2 Å². The zero-order valence-electron chi connectivity index (χ0n) is 13.8. The minimum absolute atomic E-state index is 0.129. The molecular weight excluding hydrogens is 327 g/mol. The van der Waals surface area contributed by atoms with Gasteiger partial charge in [0.1, 0.15) is 11.4 Å². The van der Waals surface area contributed by atoms with E-state index in [9.17, 15) is 18.8 Å². The summed E-state index contributed by atoms with van der Waals surface area (Å²) in [5.74, 6) is -0.317. The number of nitrogens with zero attached hydrogens (tertiary/aromatic N) is 2. The van der Waals surface area contributed by atoms with E-state index in [1.807, 2.05) is 0 Å². The lowest BCUT2D eigenvalue weighted by molar-refractivity contribution is -0.129. The Morgan fingerprint density at radius 2 is 2.12 bits per heavy atom. The molecule has 7 nitrogen and oxygen atoms in total. The quantitative estimate of drug-likeness (QED) is 0.802. The number of halogens is 1. The van der Waals surface area contributed by atoms with Gasteiger partial charge in [0, 0.05) is 19.3 Å². The molecule has 0 aromatic heterocycles. The van der Waals surface area contributed by atoms with E-state index in [1.54, 1.807) is 6.07 Å². The van der Waals surface area contributed by atoms with Crippen molar-refractivity contribution >= 4 is 23.7 Å². The third kappa shape index (κ3) is 2.61. The summed E-state index contributed by atoms with van der Waals surface area (Å²) in [6, 6.07) is 3.76. The number of nitrogens with one attached hydrogen (secondary N) is 2. The van der Waals surface area contributed by atoms with Crippen LogP contribution < -0.4 is 10.6 Å². The molecule has 2 heterocycles. The van der Waals surface area contributed by atoms with E-state index in [2.05, 4.69) is 10.6 Å². The maximum atomic E-state index is 13.8. The van der Waals surface area contributed by atoms with Gasteiger partial charge in [-0.2, -0.15) is 0 Å². The molecule has 1 atom stereocenters. The van der Waals surface area contributed by atoms with E-state index in [-0.39, 0.29) is 30.2 Å². The Hall–Kier alpha value is -2.64. The van der Waals surface area contributed by atoms with Gasteiger partial charge in [0.05, 0.1) is 6.54 Å². The first-order valence-electron chi connectivity index (χ1n) is 8.35. The van der Waals surface area contributed by atoms with Gasteiger partial charge >= 0.3 is 12.1 Å². The van der Waals surface area contributed by atoms with Crippen LogP contribution in [0.5, 0.6) is 0 Å². The molecule has 1 saturated carbocycles. The minimum Gasteiger partial charge on any atom is -0.322 e. The maximum absolute atomic E-state index is 13.8. The van der Waals surface area contributed by atoms with E-state index < -0.39 is 11.6 Å². The highest BCUT2D eigenvalue weighted by Gasteiger charge is 2.54. The highest BCUT2D eigenvalue weighted by molar-refractivity contribution is 6.07. The Balaban J connectivity index is 1.45. The van der Waals surface area contributed by atoms with E-state index in [0.29, 0.717) is 24.2 Å². The zero-order valence-corrected chi connectivity index (χ0v) is 13.8. The predicted molar refractivity (Wildman–Crippen MR) is 87.6 cm³/mol. The van der Waals surface area contributed by atoms with Crippen LogP contribution in [0.25, 0.3) is 0 Å². The largest absolute Gasteiger partial charge is 0.324 e. The van der Waals surface area contributed by atoms with Crippen molar-refractivity contribution in [3.63, 3.8) is 0 Å². The molecular formula is C17H19FN4O3. The van der Waals surface area contributed by atoms with Crippen molar-refractivity contribution in [2.24, 2.45) is 0 Å².